The monoisotopic (exact) mass is 388 g/mol. The highest BCUT2D eigenvalue weighted by Crippen LogP contribution is 2.26. The highest BCUT2D eigenvalue weighted by Gasteiger charge is 2.11. The van der Waals surface area contributed by atoms with Gasteiger partial charge in [0.05, 0.1) is 24.9 Å². The first-order valence-corrected chi connectivity index (χ1v) is 9.75. The van der Waals surface area contributed by atoms with Gasteiger partial charge in [-0.25, -0.2) is 9.37 Å². The smallest absolute Gasteiger partial charge is 0.231 e. The Balaban J connectivity index is 1.56. The van der Waals surface area contributed by atoms with Gasteiger partial charge in [0.1, 0.15) is 16.6 Å². The minimum atomic E-state index is -0.232. The fourth-order valence-corrected chi connectivity index (χ4v) is 4.02. The van der Waals surface area contributed by atoms with Crippen molar-refractivity contribution in [2.24, 2.45) is 0 Å². The van der Waals surface area contributed by atoms with Crippen molar-refractivity contribution in [1.29, 1.82) is 0 Å². The summed E-state index contributed by atoms with van der Waals surface area (Å²) < 4.78 is 18.9. The fourth-order valence-electron chi connectivity index (χ4n) is 2.29. The number of aromatic nitrogens is 1. The zero-order valence-electron chi connectivity index (χ0n) is 14.1. The van der Waals surface area contributed by atoms with Crippen molar-refractivity contribution >= 4 is 34.7 Å². The lowest BCUT2D eigenvalue weighted by atomic mass is 10.3. The molecule has 7 heteroatoms. The normalized spacial score (nSPS) is 10.5. The number of carbonyl (C=O) groups is 1. The molecule has 0 saturated carbocycles. The molecule has 0 saturated heterocycles. The van der Waals surface area contributed by atoms with Crippen molar-refractivity contribution in [3.05, 3.63) is 70.4 Å². The van der Waals surface area contributed by atoms with Gasteiger partial charge in [0, 0.05) is 16.0 Å². The Labute approximate surface area is 159 Å². The van der Waals surface area contributed by atoms with Crippen LogP contribution in [0, 0.1) is 5.82 Å². The Bertz CT molecular complexity index is 899. The van der Waals surface area contributed by atoms with Crippen LogP contribution in [0.2, 0.25) is 0 Å². The van der Waals surface area contributed by atoms with E-state index in [1.165, 1.54) is 29.2 Å². The van der Waals surface area contributed by atoms with E-state index in [1.807, 2.05) is 17.5 Å². The molecule has 4 nitrogen and oxygen atoms in total. The van der Waals surface area contributed by atoms with Crippen molar-refractivity contribution in [2.45, 2.75) is 17.1 Å². The van der Waals surface area contributed by atoms with E-state index >= 15 is 0 Å². The molecule has 26 heavy (non-hydrogen) atoms. The van der Waals surface area contributed by atoms with Gasteiger partial charge in [-0.2, -0.15) is 0 Å². The van der Waals surface area contributed by atoms with Crippen LogP contribution in [0.25, 0.3) is 0 Å². The van der Waals surface area contributed by atoms with E-state index in [0.29, 0.717) is 22.1 Å². The number of nitrogens with zero attached hydrogens (tertiary/aromatic N) is 1. The van der Waals surface area contributed by atoms with Gasteiger partial charge < -0.3 is 10.1 Å². The molecule has 1 aromatic heterocycles. The van der Waals surface area contributed by atoms with Crippen LogP contribution < -0.4 is 10.1 Å². The summed E-state index contributed by atoms with van der Waals surface area (Å²) in [5.41, 5.74) is 1.47. The van der Waals surface area contributed by atoms with Crippen molar-refractivity contribution in [1.82, 2.24) is 4.98 Å². The van der Waals surface area contributed by atoms with E-state index in [4.69, 9.17) is 4.74 Å². The van der Waals surface area contributed by atoms with Gasteiger partial charge in [-0.05, 0) is 24.3 Å². The second kappa shape index (κ2) is 8.82. The van der Waals surface area contributed by atoms with E-state index in [-0.39, 0.29) is 18.1 Å². The predicted molar refractivity (Wildman–Crippen MR) is 103 cm³/mol. The molecule has 1 N–H and O–H groups in total. The van der Waals surface area contributed by atoms with Gasteiger partial charge in [-0.1, -0.05) is 24.3 Å². The molecule has 0 aliphatic carbocycles. The number of hydrogen-bond acceptors (Lipinski definition) is 5. The molecule has 134 valence electrons. The van der Waals surface area contributed by atoms with Crippen LogP contribution >= 0.6 is 23.1 Å². The summed E-state index contributed by atoms with van der Waals surface area (Å²) in [6, 6.07) is 13.9. The zero-order chi connectivity index (χ0) is 18.4. The van der Waals surface area contributed by atoms with Crippen LogP contribution in [-0.4, -0.2) is 18.0 Å². The van der Waals surface area contributed by atoms with Crippen LogP contribution in [0.4, 0.5) is 10.1 Å². The lowest BCUT2D eigenvalue weighted by molar-refractivity contribution is -0.115. The molecule has 0 unspecified atom stereocenters. The number of thiazole rings is 1. The molecular formula is C19H17FN2O2S2. The molecule has 0 aliphatic rings. The number of carbonyl (C=O) groups excluding carboxylic acids is 1. The maximum absolute atomic E-state index is 13.6. The highest BCUT2D eigenvalue weighted by atomic mass is 32.2. The number of halogens is 1. The van der Waals surface area contributed by atoms with E-state index in [1.54, 1.807) is 37.4 Å². The summed E-state index contributed by atoms with van der Waals surface area (Å²) in [5.74, 6) is 0.786. The van der Waals surface area contributed by atoms with Crippen LogP contribution in [-0.2, 0) is 17.0 Å². The average Bonchev–Trinajstić information content (AvgIpc) is 3.08. The minimum absolute atomic E-state index is 0.155. The standard InChI is InChI=1S/C19H17FN2O2S2/c1-24-16-8-4-3-7-15(16)22-18(23)10-19-21-13(12-26-19)11-25-17-9-5-2-6-14(17)20/h2-9,12H,10-11H2,1H3,(H,22,23). The number of nitrogens with one attached hydrogen (secondary N) is 1. The van der Waals surface area contributed by atoms with Gasteiger partial charge in [0.2, 0.25) is 5.91 Å². The third-order valence-electron chi connectivity index (χ3n) is 3.50. The molecule has 0 radical (unpaired) electrons. The number of anilines is 1. The average molecular weight is 388 g/mol. The second-order valence-electron chi connectivity index (χ2n) is 5.38. The number of thioether (sulfide) groups is 1. The number of para-hydroxylation sites is 2. The molecule has 2 aromatic carbocycles. The van der Waals surface area contributed by atoms with Gasteiger partial charge >= 0.3 is 0 Å². The first kappa shape index (κ1) is 18.4. The summed E-state index contributed by atoms with van der Waals surface area (Å²) in [7, 11) is 1.56. The van der Waals surface area contributed by atoms with Gasteiger partial charge in [-0.3, -0.25) is 4.79 Å². The molecule has 1 heterocycles. The maximum atomic E-state index is 13.6. The van der Waals surface area contributed by atoms with Gasteiger partial charge in [0.15, 0.2) is 0 Å². The minimum Gasteiger partial charge on any atom is -0.495 e. The van der Waals surface area contributed by atoms with Crippen molar-refractivity contribution in [2.75, 3.05) is 12.4 Å². The molecule has 0 aliphatic heterocycles. The van der Waals surface area contributed by atoms with Crippen molar-refractivity contribution < 1.29 is 13.9 Å². The number of ether oxygens (including phenoxy) is 1. The van der Waals surface area contributed by atoms with Gasteiger partial charge in [-0.15, -0.1) is 23.1 Å². The molecule has 0 atom stereocenters. The van der Waals surface area contributed by atoms with E-state index < -0.39 is 0 Å². The first-order valence-electron chi connectivity index (χ1n) is 7.89. The highest BCUT2D eigenvalue weighted by molar-refractivity contribution is 7.98. The predicted octanol–water partition coefficient (Wildman–Crippen LogP) is 4.76. The fraction of sp³-hybridized carbons (Fsp3) is 0.158. The lowest BCUT2D eigenvalue weighted by Crippen LogP contribution is -2.14. The number of rotatable bonds is 7. The quantitative estimate of drug-likeness (QED) is 0.593. The van der Waals surface area contributed by atoms with Gasteiger partial charge in [0.25, 0.3) is 0 Å². The summed E-state index contributed by atoms with van der Waals surface area (Å²) in [6.07, 6.45) is 0.188. The molecule has 0 bridgehead atoms. The van der Waals surface area contributed by atoms with Crippen LogP contribution in [0.3, 0.4) is 0 Å². The molecule has 3 aromatic rings. The maximum Gasteiger partial charge on any atom is 0.231 e. The summed E-state index contributed by atoms with van der Waals surface area (Å²) in [6.45, 7) is 0. The lowest BCUT2D eigenvalue weighted by Gasteiger charge is -2.08. The van der Waals surface area contributed by atoms with E-state index in [0.717, 1.165) is 10.7 Å². The van der Waals surface area contributed by atoms with E-state index in [2.05, 4.69) is 10.3 Å². The second-order valence-corrected chi connectivity index (χ2v) is 7.34. The topological polar surface area (TPSA) is 51.2 Å². The van der Waals surface area contributed by atoms with E-state index in [9.17, 15) is 9.18 Å². The molecule has 0 fully saturated rings. The third kappa shape index (κ3) is 4.83. The summed E-state index contributed by atoms with van der Waals surface area (Å²) >= 11 is 2.82. The Morgan fingerprint density at radius 2 is 2.00 bits per heavy atom. The SMILES string of the molecule is COc1ccccc1NC(=O)Cc1nc(CSc2ccccc2F)cs1. The van der Waals surface area contributed by atoms with Crippen LogP contribution in [0.5, 0.6) is 5.75 Å². The number of benzene rings is 2. The Morgan fingerprint density at radius 1 is 1.23 bits per heavy atom. The number of hydrogen-bond donors (Lipinski definition) is 1. The molecule has 0 spiro atoms. The summed E-state index contributed by atoms with van der Waals surface area (Å²) in [5, 5.41) is 5.46. The van der Waals surface area contributed by atoms with Crippen LogP contribution in [0.1, 0.15) is 10.7 Å². The largest absolute Gasteiger partial charge is 0.495 e. The Kier molecular flexibility index (Phi) is 6.25. The molecular weight excluding hydrogens is 371 g/mol. The van der Waals surface area contributed by atoms with Crippen LogP contribution in [0.15, 0.2) is 58.8 Å². The molecule has 1 amide bonds. The summed E-state index contributed by atoms with van der Waals surface area (Å²) in [4.78, 5) is 17.3. The zero-order valence-corrected chi connectivity index (χ0v) is 15.7. The third-order valence-corrected chi connectivity index (χ3v) is 5.48. The molecule has 3 rings (SSSR count). The van der Waals surface area contributed by atoms with Crippen molar-refractivity contribution in [3.8, 4) is 5.75 Å². The Hall–Kier alpha value is -2.38. The number of methoxy groups -OCH3 is 1. The number of amides is 1. The van der Waals surface area contributed by atoms with Crippen molar-refractivity contribution in [3.63, 3.8) is 0 Å². The first-order chi connectivity index (χ1) is 12.7. The Morgan fingerprint density at radius 3 is 2.81 bits per heavy atom.